The van der Waals surface area contributed by atoms with Crippen LogP contribution >= 0.6 is 0 Å². The number of aromatic nitrogens is 2. The van der Waals surface area contributed by atoms with E-state index >= 15 is 0 Å². The van der Waals surface area contributed by atoms with Crippen molar-refractivity contribution in [2.24, 2.45) is 4.99 Å². The minimum absolute atomic E-state index is 0.0266. The van der Waals surface area contributed by atoms with Crippen LogP contribution in [0.2, 0.25) is 0 Å². The van der Waals surface area contributed by atoms with Crippen LogP contribution in [-0.2, 0) is 26.1 Å². The fourth-order valence-corrected chi connectivity index (χ4v) is 6.83. The third-order valence-corrected chi connectivity index (χ3v) is 10.00. The maximum atomic E-state index is 14.6. The molecule has 0 atom stereocenters. The number of esters is 1. The predicted molar refractivity (Wildman–Crippen MR) is 228 cm³/mol. The summed E-state index contributed by atoms with van der Waals surface area (Å²) in [5.74, 6) is -0.251. The van der Waals surface area contributed by atoms with E-state index in [1.54, 1.807) is 43.3 Å². The Bertz CT molecular complexity index is 2500. The molecule has 14 nitrogen and oxygen atoms in total. The first-order valence-electron chi connectivity index (χ1n) is 19.0. The standard InChI is InChI=1S/C43H50N6O8S/c1-8-48(23-21-44-58(7,53)54)32-17-18-34(29(4)26-32)45-39(41(50)47-36-27-31(43(52)56-9-2)16-20-38(36)55-6)40-46-35-14-11-10-13-33(35)42(51)49(40)22-12-24-57-37-19-15-28(3)25-30(37)5/h10-11,13-20,25-27,44H,8-9,12,21-24H2,1-7H3,(H,47,50). The highest BCUT2D eigenvalue weighted by Crippen LogP contribution is 2.29. The van der Waals surface area contributed by atoms with E-state index in [1.165, 1.54) is 23.8 Å². The van der Waals surface area contributed by atoms with E-state index in [-0.39, 0.29) is 60.4 Å². The lowest BCUT2D eigenvalue weighted by Gasteiger charge is -2.24. The SMILES string of the molecule is CCOC(=O)c1ccc(OC)c(NC(=O)C(=Nc2ccc(N(CC)CCNS(C)(=O)=O)cc2C)c2nc3ccccc3c(=O)n2CCCOc2ccc(C)cc2C)c1. The van der Waals surface area contributed by atoms with E-state index in [9.17, 15) is 22.8 Å². The second-order valence-corrected chi connectivity index (χ2v) is 15.5. The van der Waals surface area contributed by atoms with Gasteiger partial charge in [-0.15, -0.1) is 0 Å². The van der Waals surface area contributed by atoms with Crippen LogP contribution in [0.15, 0.2) is 88.6 Å². The Morgan fingerprint density at radius 2 is 1.69 bits per heavy atom. The first-order valence-corrected chi connectivity index (χ1v) is 20.9. The van der Waals surface area contributed by atoms with Crippen molar-refractivity contribution in [3.63, 3.8) is 0 Å². The molecule has 1 amide bonds. The lowest BCUT2D eigenvalue weighted by Crippen LogP contribution is -2.34. The van der Waals surface area contributed by atoms with Crippen LogP contribution in [0.4, 0.5) is 17.1 Å². The van der Waals surface area contributed by atoms with Gasteiger partial charge in [-0.1, -0.05) is 29.8 Å². The number of para-hydroxylation sites is 1. The van der Waals surface area contributed by atoms with E-state index in [0.717, 1.165) is 28.8 Å². The Balaban J connectivity index is 1.61. The maximum Gasteiger partial charge on any atom is 0.338 e. The van der Waals surface area contributed by atoms with Gasteiger partial charge in [0.2, 0.25) is 10.0 Å². The summed E-state index contributed by atoms with van der Waals surface area (Å²) in [6, 6.07) is 22.9. The van der Waals surface area contributed by atoms with Crippen molar-refractivity contribution in [3.8, 4) is 11.5 Å². The van der Waals surface area contributed by atoms with Gasteiger partial charge < -0.3 is 24.4 Å². The van der Waals surface area contributed by atoms with Gasteiger partial charge in [0.05, 0.1) is 54.4 Å². The molecule has 0 aliphatic heterocycles. The second kappa shape index (κ2) is 19.4. The van der Waals surface area contributed by atoms with Crippen LogP contribution in [0.25, 0.3) is 10.9 Å². The Morgan fingerprint density at radius 3 is 2.38 bits per heavy atom. The summed E-state index contributed by atoms with van der Waals surface area (Å²) < 4.78 is 44.1. The Labute approximate surface area is 338 Å². The fraction of sp³-hybridized carbons (Fsp3) is 0.326. The van der Waals surface area contributed by atoms with Gasteiger partial charge in [-0.25, -0.2) is 27.9 Å². The molecule has 15 heteroatoms. The summed E-state index contributed by atoms with van der Waals surface area (Å²) in [6.07, 6.45) is 1.52. The molecule has 0 unspecified atom stereocenters. The lowest BCUT2D eigenvalue weighted by molar-refractivity contribution is -0.110. The van der Waals surface area contributed by atoms with E-state index < -0.39 is 21.9 Å². The molecule has 0 saturated carbocycles. The molecule has 1 aromatic heterocycles. The maximum absolute atomic E-state index is 14.6. The smallest absolute Gasteiger partial charge is 0.338 e. The molecule has 2 N–H and O–H groups in total. The third-order valence-electron chi connectivity index (χ3n) is 9.27. The molecule has 0 bridgehead atoms. The molecule has 0 spiro atoms. The zero-order valence-corrected chi connectivity index (χ0v) is 34.7. The number of hydrogen-bond donors (Lipinski definition) is 2. The summed E-state index contributed by atoms with van der Waals surface area (Å²) in [6.45, 7) is 11.3. The van der Waals surface area contributed by atoms with Gasteiger partial charge in [0.15, 0.2) is 11.5 Å². The number of nitrogens with one attached hydrogen (secondary N) is 2. The van der Waals surface area contributed by atoms with E-state index in [0.29, 0.717) is 41.7 Å². The summed E-state index contributed by atoms with van der Waals surface area (Å²) in [7, 11) is -1.92. The number of likely N-dealkylation sites (N-methyl/N-ethyl adjacent to an activating group) is 1. The van der Waals surface area contributed by atoms with Gasteiger partial charge in [-0.3, -0.25) is 14.2 Å². The molecule has 0 fully saturated rings. The number of hydrogen-bond acceptors (Lipinski definition) is 11. The summed E-state index contributed by atoms with van der Waals surface area (Å²) in [5, 5.41) is 3.23. The monoisotopic (exact) mass is 810 g/mol. The van der Waals surface area contributed by atoms with Crippen molar-refractivity contribution in [2.75, 3.05) is 56.4 Å². The van der Waals surface area contributed by atoms with Crippen molar-refractivity contribution < 1.29 is 32.2 Å². The number of carbonyl (C=O) groups is 2. The minimum Gasteiger partial charge on any atom is -0.495 e. The number of ether oxygens (including phenoxy) is 3. The topological polar surface area (TPSA) is 171 Å². The molecule has 0 saturated heterocycles. The third kappa shape index (κ3) is 10.9. The lowest BCUT2D eigenvalue weighted by atomic mass is 10.1. The van der Waals surface area contributed by atoms with Gasteiger partial charge >= 0.3 is 5.97 Å². The largest absolute Gasteiger partial charge is 0.495 e. The number of anilines is 2. The number of carbonyl (C=O) groups excluding carboxylic acids is 2. The van der Waals surface area contributed by atoms with Gasteiger partial charge in [0.25, 0.3) is 11.5 Å². The Kier molecular flexibility index (Phi) is 14.4. The van der Waals surface area contributed by atoms with Crippen LogP contribution in [0.1, 0.15) is 53.1 Å². The number of fused-ring (bicyclic) bond motifs is 1. The Hall–Kier alpha value is -6.06. The van der Waals surface area contributed by atoms with Gasteiger partial charge in [-0.2, -0.15) is 0 Å². The molecule has 0 radical (unpaired) electrons. The summed E-state index contributed by atoms with van der Waals surface area (Å²) >= 11 is 0. The van der Waals surface area contributed by atoms with Crippen LogP contribution in [0, 0.1) is 20.8 Å². The molecule has 5 rings (SSSR count). The van der Waals surface area contributed by atoms with Crippen molar-refractivity contribution in [1.82, 2.24) is 14.3 Å². The normalized spacial score (nSPS) is 11.7. The first kappa shape index (κ1) is 43.1. The zero-order valence-electron chi connectivity index (χ0n) is 33.9. The van der Waals surface area contributed by atoms with Gasteiger partial charge in [-0.05, 0) is 107 Å². The van der Waals surface area contributed by atoms with Crippen LogP contribution < -0.4 is 30.0 Å². The fourth-order valence-electron chi connectivity index (χ4n) is 6.37. The average molecular weight is 811 g/mol. The number of sulfonamides is 1. The van der Waals surface area contributed by atoms with Crippen molar-refractivity contribution >= 4 is 55.6 Å². The average Bonchev–Trinajstić information content (AvgIpc) is 3.18. The van der Waals surface area contributed by atoms with E-state index in [1.807, 2.05) is 62.9 Å². The van der Waals surface area contributed by atoms with Gasteiger partial charge in [0.1, 0.15) is 11.5 Å². The molecule has 0 aliphatic rings. The highest BCUT2D eigenvalue weighted by atomic mass is 32.2. The van der Waals surface area contributed by atoms with Crippen molar-refractivity contribution in [2.45, 2.75) is 47.6 Å². The Morgan fingerprint density at radius 1 is 0.931 bits per heavy atom. The van der Waals surface area contributed by atoms with Crippen LogP contribution in [-0.4, -0.2) is 81.8 Å². The summed E-state index contributed by atoms with van der Waals surface area (Å²) in [5.41, 5.74) is 4.29. The molecular weight excluding hydrogens is 761 g/mol. The van der Waals surface area contributed by atoms with Crippen LogP contribution in [0.5, 0.6) is 11.5 Å². The van der Waals surface area contributed by atoms with Crippen molar-refractivity contribution in [3.05, 3.63) is 117 Å². The number of aryl methyl sites for hydroxylation is 3. The predicted octanol–water partition coefficient (Wildman–Crippen LogP) is 6.11. The molecular formula is C43H50N6O8S. The summed E-state index contributed by atoms with van der Waals surface area (Å²) in [4.78, 5) is 53.4. The quantitative estimate of drug-likeness (QED) is 0.0598. The van der Waals surface area contributed by atoms with E-state index in [4.69, 9.17) is 24.2 Å². The highest BCUT2D eigenvalue weighted by Gasteiger charge is 2.25. The van der Waals surface area contributed by atoms with Crippen molar-refractivity contribution in [1.29, 1.82) is 0 Å². The minimum atomic E-state index is -3.35. The number of methoxy groups -OCH3 is 1. The molecule has 306 valence electrons. The van der Waals surface area contributed by atoms with Gasteiger partial charge in [0, 0.05) is 31.9 Å². The number of amides is 1. The zero-order chi connectivity index (χ0) is 42.0. The highest BCUT2D eigenvalue weighted by molar-refractivity contribution is 7.88. The number of benzene rings is 4. The number of rotatable bonds is 18. The molecule has 1 heterocycles. The van der Waals surface area contributed by atoms with E-state index in [2.05, 4.69) is 10.0 Å². The molecule has 5 aromatic rings. The molecule has 4 aromatic carbocycles. The second-order valence-electron chi connectivity index (χ2n) is 13.6. The molecule has 0 aliphatic carbocycles. The van der Waals surface area contributed by atoms with Crippen LogP contribution in [0.3, 0.4) is 0 Å². The first-order chi connectivity index (χ1) is 27.7. The number of nitrogens with zero attached hydrogens (tertiary/aromatic N) is 4. The number of aliphatic imine (C=N–C) groups is 1. The molecule has 58 heavy (non-hydrogen) atoms.